The fourth-order valence-corrected chi connectivity index (χ4v) is 15.7. The maximum atomic E-state index is 11.6. The number of aromatic nitrogens is 13. The third-order valence-corrected chi connectivity index (χ3v) is 22.0. The molecule has 0 unspecified atom stereocenters. The lowest BCUT2D eigenvalue weighted by atomic mass is 10.0. The molecule has 28 heteroatoms. The number of anilines is 11. The highest BCUT2D eigenvalue weighted by atomic mass is 16.5. The van der Waals surface area contributed by atoms with Gasteiger partial charge in [0.25, 0.3) is 0 Å². The molecular weight excluding hydrogens is 1520 g/mol. The van der Waals surface area contributed by atoms with Gasteiger partial charge in [0, 0.05) is 120 Å². The molecule has 14 heterocycles. The zero-order valence-electron chi connectivity index (χ0n) is 68.6. The van der Waals surface area contributed by atoms with E-state index >= 15 is 0 Å². The lowest BCUT2D eigenvalue weighted by Crippen LogP contribution is -2.45. The standard InChI is InChI=1S/C35H36N8O2.C30H32N6O2.C28H30N8O2/c1-24-22-44-20-19-43(24)35-29-16-18-42(32-15-17-36-25(2)37-32)21-30(29)39-34(41-35)27-11-13-28(14-12-27)38-31-9-6-10-33(40-31)45-23-26-7-4-3-5-8-26;1-21-19-37-17-16-36(21)30-25-14-15-31-18-26(25)33-29(35-30)23-10-12-24(13-11-23)32-27-8-5-9-28(34-27)38-20-22-6-3-2-4-7-22;1-18-17-38-15-14-36(18)28-22-11-13-35(25-10-12-29-19(2)30-25)16-23(22)32-27(34-28)20-6-8-21(9-7-20)31-24-4-3-5-26(37)33-24/h3-15,17,24H,16,18-23H2,1-2H3,(H,38,40);2-13,21,31H,14-20H2,1H3,(H,32,34);3-10,12,18H,11,13-17H2,1-2H3,(H2,31,33,37)/t24-;21-;18-/m000/s1. The number of pyridine rings is 3. The van der Waals surface area contributed by atoms with Gasteiger partial charge in [-0.1, -0.05) is 78.9 Å². The number of rotatable bonds is 20. The first kappa shape index (κ1) is 80.0. The topological polar surface area (TPSA) is 298 Å². The van der Waals surface area contributed by atoms with Crippen molar-refractivity contribution in [1.82, 2.24) is 70.1 Å². The van der Waals surface area contributed by atoms with E-state index in [1.54, 1.807) is 12.3 Å². The van der Waals surface area contributed by atoms with Gasteiger partial charge in [-0.25, -0.2) is 49.8 Å². The minimum atomic E-state index is -0.148. The second-order valence-corrected chi connectivity index (χ2v) is 30.7. The van der Waals surface area contributed by atoms with Crippen molar-refractivity contribution in [2.45, 2.75) is 105 Å². The summed E-state index contributed by atoms with van der Waals surface area (Å²) in [5.74, 6) is 11.8. The van der Waals surface area contributed by atoms with Crippen LogP contribution >= 0.6 is 0 Å². The molecule has 13 aromatic rings. The summed E-state index contributed by atoms with van der Waals surface area (Å²) < 4.78 is 28.9. The highest BCUT2D eigenvalue weighted by Crippen LogP contribution is 2.38. The normalized spacial score (nSPS) is 16.8. The predicted molar refractivity (Wildman–Crippen MR) is 471 cm³/mol. The van der Waals surface area contributed by atoms with Crippen LogP contribution < -0.4 is 60.8 Å². The molecule has 3 fully saturated rings. The number of morpholine rings is 3. The van der Waals surface area contributed by atoms with Crippen molar-refractivity contribution in [3.05, 3.63) is 279 Å². The lowest BCUT2D eigenvalue weighted by molar-refractivity contribution is 0.0983. The van der Waals surface area contributed by atoms with E-state index in [2.05, 4.69) is 126 Å². The fraction of sp³-hybridized carbons (Fsp3) is 0.301. The lowest BCUT2D eigenvalue weighted by Gasteiger charge is -2.38. The molecule has 5 aromatic carbocycles. The first-order valence-corrected chi connectivity index (χ1v) is 41.5. The van der Waals surface area contributed by atoms with Crippen LogP contribution in [0.5, 0.6) is 11.8 Å². The first-order valence-electron chi connectivity index (χ1n) is 41.5. The van der Waals surface area contributed by atoms with Gasteiger partial charge in [0.1, 0.15) is 71.4 Å². The molecule has 28 nitrogen and oxygen atoms in total. The van der Waals surface area contributed by atoms with E-state index in [0.717, 1.165) is 193 Å². The number of nitrogens with one attached hydrogen (secondary N) is 5. The number of aryl methyl sites for hydroxylation is 2. The van der Waals surface area contributed by atoms with E-state index < -0.39 is 0 Å². The Kier molecular flexibility index (Phi) is 24.9. The van der Waals surface area contributed by atoms with Crippen molar-refractivity contribution in [3.63, 3.8) is 0 Å². The molecule has 0 amide bonds. The molecule has 8 aromatic heterocycles. The molecule has 19 rings (SSSR count). The zero-order valence-corrected chi connectivity index (χ0v) is 68.6. The molecule has 0 radical (unpaired) electrons. The largest absolute Gasteiger partial charge is 0.473 e. The molecular formula is C93H98N22O6. The van der Waals surface area contributed by atoms with Gasteiger partial charge in [0.05, 0.1) is 87.9 Å². The van der Waals surface area contributed by atoms with Gasteiger partial charge in [-0.15, -0.1) is 0 Å². The van der Waals surface area contributed by atoms with Crippen LogP contribution in [0.15, 0.2) is 217 Å². The highest BCUT2D eigenvalue weighted by Gasteiger charge is 2.33. The van der Waals surface area contributed by atoms with Gasteiger partial charge in [-0.2, -0.15) is 9.97 Å². The van der Waals surface area contributed by atoms with E-state index in [4.69, 9.17) is 53.6 Å². The summed E-state index contributed by atoms with van der Waals surface area (Å²) >= 11 is 0. The number of hydrogen-bond donors (Lipinski definition) is 5. The molecule has 0 spiro atoms. The Labute approximate surface area is 703 Å². The summed E-state index contributed by atoms with van der Waals surface area (Å²) in [6, 6.07) is 65.6. The van der Waals surface area contributed by atoms with Gasteiger partial charge >= 0.3 is 0 Å². The molecule has 3 atom stereocenters. The van der Waals surface area contributed by atoms with Crippen LogP contribution in [0.4, 0.5) is 63.6 Å². The van der Waals surface area contributed by atoms with Gasteiger partial charge in [-0.3, -0.25) is 4.79 Å². The quantitative estimate of drug-likeness (QED) is 0.0473. The summed E-state index contributed by atoms with van der Waals surface area (Å²) in [7, 11) is 0. The molecule has 0 bridgehead atoms. The smallest absolute Gasteiger partial charge is 0.249 e. The van der Waals surface area contributed by atoms with Crippen LogP contribution in [-0.2, 0) is 66.3 Å². The number of nitrogens with zero attached hydrogens (tertiary/aromatic N) is 17. The van der Waals surface area contributed by atoms with Gasteiger partial charge in [0.15, 0.2) is 17.5 Å². The molecule has 121 heavy (non-hydrogen) atoms. The number of benzene rings is 5. The molecule has 616 valence electrons. The van der Waals surface area contributed by atoms with Gasteiger partial charge < -0.3 is 74.4 Å². The Bertz CT molecular complexity index is 5760. The van der Waals surface area contributed by atoms with Crippen molar-refractivity contribution in [2.24, 2.45) is 0 Å². The molecule has 5 N–H and O–H groups in total. The van der Waals surface area contributed by atoms with Gasteiger partial charge in [0.2, 0.25) is 17.3 Å². The van der Waals surface area contributed by atoms with Crippen molar-refractivity contribution in [3.8, 4) is 45.9 Å². The predicted octanol–water partition coefficient (Wildman–Crippen LogP) is 13.9. The van der Waals surface area contributed by atoms with Crippen LogP contribution in [0.3, 0.4) is 0 Å². The second kappa shape index (κ2) is 37.7. The number of aromatic amines is 1. The van der Waals surface area contributed by atoms with E-state index in [1.165, 1.54) is 22.8 Å². The highest BCUT2D eigenvalue weighted by molar-refractivity contribution is 5.70. The summed E-state index contributed by atoms with van der Waals surface area (Å²) in [4.78, 5) is 83.7. The maximum absolute atomic E-state index is 11.6. The molecule has 6 aliphatic heterocycles. The van der Waals surface area contributed by atoms with Crippen LogP contribution in [0.25, 0.3) is 34.2 Å². The number of fused-ring (bicyclic) bond motifs is 3. The first-order chi connectivity index (χ1) is 59.3. The number of hydrogen-bond acceptors (Lipinski definition) is 27. The van der Waals surface area contributed by atoms with E-state index in [1.807, 2.05) is 184 Å². The third-order valence-electron chi connectivity index (χ3n) is 22.0. The Balaban J connectivity index is 0.000000130. The van der Waals surface area contributed by atoms with Crippen LogP contribution in [0.2, 0.25) is 0 Å². The second-order valence-electron chi connectivity index (χ2n) is 30.7. The van der Waals surface area contributed by atoms with Crippen molar-refractivity contribution in [1.29, 1.82) is 0 Å². The van der Waals surface area contributed by atoms with Crippen LogP contribution in [0, 0.1) is 13.8 Å². The average molecular weight is 1620 g/mol. The average Bonchev–Trinajstić information content (AvgIpc) is 0.774. The van der Waals surface area contributed by atoms with Crippen molar-refractivity contribution >= 4 is 63.6 Å². The molecule has 0 saturated carbocycles. The summed E-state index contributed by atoms with van der Waals surface area (Å²) in [5, 5.41) is 13.5. The Morgan fingerprint density at radius 2 is 0.826 bits per heavy atom. The fourth-order valence-electron chi connectivity index (χ4n) is 15.7. The minimum Gasteiger partial charge on any atom is -0.473 e. The number of ether oxygens (including phenoxy) is 5. The summed E-state index contributed by atoms with van der Waals surface area (Å²) in [5.41, 5.74) is 14.5. The maximum Gasteiger partial charge on any atom is 0.249 e. The monoisotopic (exact) mass is 1620 g/mol. The van der Waals surface area contributed by atoms with Crippen LogP contribution in [0.1, 0.15) is 77.3 Å². The van der Waals surface area contributed by atoms with E-state index in [-0.39, 0.29) is 23.7 Å². The Hall–Kier alpha value is -13.4. The van der Waals surface area contributed by atoms with Gasteiger partial charge in [-0.05, 0) is 175 Å². The summed E-state index contributed by atoms with van der Waals surface area (Å²) in [6.45, 7) is 22.8. The number of H-pyrrole nitrogens is 1. The Morgan fingerprint density at radius 3 is 1.25 bits per heavy atom. The SMILES string of the molecule is C[C@H]1COCCN1c1nc(-c2ccc(Nc3cccc(OCc4ccccc4)n3)cc2)nc2c1CCNC2.Cc1nccc(N2CCc3c(nc(-c4ccc(Nc5cccc(=O)[nH]5)cc4)nc3N3CCOC[C@@H]3C)C2)n1.Cc1nccc(N2CCc3c(nc(-c4ccc(Nc5cccc(OCc6ccccc6)n5)cc4)nc3N3CCOC[C@@H]3C)C2)n1. The van der Waals surface area contributed by atoms with Crippen LogP contribution in [-0.4, -0.2) is 162 Å². The van der Waals surface area contributed by atoms with Crippen molar-refractivity contribution < 1.29 is 23.7 Å². The molecule has 0 aliphatic carbocycles. The Morgan fingerprint density at radius 1 is 0.413 bits per heavy atom. The molecule has 6 aliphatic rings. The summed E-state index contributed by atoms with van der Waals surface area (Å²) in [6.07, 6.45) is 6.26. The minimum absolute atomic E-state index is 0.148. The van der Waals surface area contributed by atoms with Crippen molar-refractivity contribution in [2.75, 3.05) is 119 Å². The zero-order chi connectivity index (χ0) is 82.4. The third kappa shape index (κ3) is 19.8. The van der Waals surface area contributed by atoms with E-state index in [9.17, 15) is 4.79 Å². The molecule has 3 saturated heterocycles. The van der Waals surface area contributed by atoms with E-state index in [0.29, 0.717) is 87.8 Å².